The van der Waals surface area contributed by atoms with Gasteiger partial charge in [-0.05, 0) is 39.8 Å². The number of aryl methyl sites for hydroxylation is 1. The smallest absolute Gasteiger partial charge is 0.316 e. The minimum absolute atomic E-state index is 0.233. The molecule has 0 spiro atoms. The lowest BCUT2D eigenvalue weighted by atomic mass is 10.2. The molecule has 2 rings (SSSR count). The van der Waals surface area contributed by atoms with Crippen LogP contribution >= 0.6 is 23.1 Å². The second kappa shape index (κ2) is 7.11. The predicted molar refractivity (Wildman–Crippen MR) is 90.9 cm³/mol. The quantitative estimate of drug-likeness (QED) is 0.656. The van der Waals surface area contributed by atoms with Crippen molar-refractivity contribution < 1.29 is 9.53 Å². The molecule has 5 nitrogen and oxygen atoms in total. The minimum atomic E-state index is -0.461. The highest BCUT2D eigenvalue weighted by molar-refractivity contribution is 8.01. The number of nitrogens with one attached hydrogen (secondary N) is 1. The average molecular weight is 337 g/mol. The molecule has 0 radical (unpaired) electrons. The summed E-state index contributed by atoms with van der Waals surface area (Å²) in [7, 11) is 0. The van der Waals surface area contributed by atoms with Crippen molar-refractivity contribution in [3.8, 4) is 0 Å². The highest BCUT2D eigenvalue weighted by Crippen LogP contribution is 2.28. The van der Waals surface area contributed by atoms with E-state index in [1.165, 1.54) is 28.7 Å². The first-order chi connectivity index (χ1) is 10.3. The minimum Gasteiger partial charge on any atom is -0.459 e. The zero-order chi connectivity index (χ0) is 16.2. The monoisotopic (exact) mass is 337 g/mol. The maximum atomic E-state index is 11.7. The second-order valence-corrected chi connectivity index (χ2v) is 7.94. The number of anilines is 2. The number of aromatic nitrogens is 2. The van der Waals surface area contributed by atoms with E-state index < -0.39 is 5.60 Å². The van der Waals surface area contributed by atoms with Crippen LogP contribution < -0.4 is 5.32 Å². The topological polar surface area (TPSA) is 64.1 Å². The van der Waals surface area contributed by atoms with Gasteiger partial charge in [0.2, 0.25) is 5.13 Å². The van der Waals surface area contributed by atoms with E-state index in [0.29, 0.717) is 5.13 Å². The fourth-order valence-electron chi connectivity index (χ4n) is 1.57. The summed E-state index contributed by atoms with van der Waals surface area (Å²) in [5.41, 5.74) is 1.71. The summed E-state index contributed by atoms with van der Waals surface area (Å²) >= 11 is 2.75. The summed E-state index contributed by atoms with van der Waals surface area (Å²) in [6.45, 7) is 7.60. The Morgan fingerprint density at radius 2 is 1.95 bits per heavy atom. The lowest BCUT2D eigenvalue weighted by molar-refractivity contribution is -0.151. The first-order valence-corrected chi connectivity index (χ1v) is 8.64. The number of benzene rings is 1. The van der Waals surface area contributed by atoms with Crippen molar-refractivity contribution in [3.63, 3.8) is 0 Å². The highest BCUT2D eigenvalue weighted by atomic mass is 32.2. The van der Waals surface area contributed by atoms with Crippen molar-refractivity contribution in [3.05, 3.63) is 29.8 Å². The fourth-order valence-corrected chi connectivity index (χ4v) is 3.12. The standard InChI is InChI=1S/C15H19N3O2S2/c1-10-5-7-11(8-6-10)16-13-17-18-14(22-13)21-9-12(19)20-15(2,3)4/h5-8H,9H2,1-4H3,(H,16,17). The number of ether oxygens (including phenoxy) is 1. The van der Waals surface area contributed by atoms with Crippen molar-refractivity contribution in [2.45, 2.75) is 37.6 Å². The third kappa shape index (κ3) is 5.65. The van der Waals surface area contributed by atoms with Gasteiger partial charge in [0.25, 0.3) is 0 Å². The summed E-state index contributed by atoms with van der Waals surface area (Å²) < 4.78 is 5.99. The molecule has 0 saturated carbocycles. The zero-order valence-electron chi connectivity index (χ0n) is 13.0. The number of carbonyl (C=O) groups excluding carboxylic acids is 1. The van der Waals surface area contributed by atoms with Crippen LogP contribution in [0, 0.1) is 6.92 Å². The van der Waals surface area contributed by atoms with Gasteiger partial charge in [0, 0.05) is 5.69 Å². The number of nitrogens with zero attached hydrogens (tertiary/aromatic N) is 2. The van der Waals surface area contributed by atoms with Crippen LogP contribution in [0.1, 0.15) is 26.3 Å². The molecular weight excluding hydrogens is 318 g/mol. The molecule has 0 amide bonds. The van der Waals surface area contributed by atoms with Crippen LogP contribution in [0.15, 0.2) is 28.6 Å². The molecule has 7 heteroatoms. The molecule has 0 aliphatic rings. The van der Waals surface area contributed by atoms with Crippen LogP contribution in [0.3, 0.4) is 0 Å². The van der Waals surface area contributed by atoms with Crippen LogP contribution in [0.25, 0.3) is 0 Å². The molecule has 1 heterocycles. The van der Waals surface area contributed by atoms with Gasteiger partial charge >= 0.3 is 5.97 Å². The van der Waals surface area contributed by atoms with Crippen molar-refractivity contribution in [2.75, 3.05) is 11.1 Å². The molecule has 0 fully saturated rings. The van der Waals surface area contributed by atoms with Gasteiger partial charge < -0.3 is 10.1 Å². The van der Waals surface area contributed by atoms with Gasteiger partial charge in [-0.25, -0.2) is 0 Å². The third-order valence-corrected chi connectivity index (χ3v) is 4.39. The first kappa shape index (κ1) is 16.8. The Morgan fingerprint density at radius 3 is 2.59 bits per heavy atom. The van der Waals surface area contributed by atoms with Gasteiger partial charge in [-0.15, -0.1) is 10.2 Å². The number of rotatable bonds is 5. The Labute approximate surface area is 138 Å². The lowest BCUT2D eigenvalue weighted by Crippen LogP contribution is -2.24. The van der Waals surface area contributed by atoms with Crippen molar-refractivity contribution in [1.82, 2.24) is 10.2 Å². The number of thioether (sulfide) groups is 1. The Balaban J connectivity index is 1.86. The Hall–Kier alpha value is -1.60. The van der Waals surface area contributed by atoms with E-state index in [4.69, 9.17) is 4.74 Å². The SMILES string of the molecule is Cc1ccc(Nc2nnc(SCC(=O)OC(C)(C)C)s2)cc1. The molecule has 0 saturated heterocycles. The highest BCUT2D eigenvalue weighted by Gasteiger charge is 2.17. The van der Waals surface area contributed by atoms with Gasteiger partial charge in [0.1, 0.15) is 5.60 Å². The van der Waals surface area contributed by atoms with Crippen LogP contribution in [0.2, 0.25) is 0 Å². The van der Waals surface area contributed by atoms with E-state index in [1.54, 1.807) is 0 Å². The van der Waals surface area contributed by atoms with E-state index in [9.17, 15) is 4.79 Å². The second-order valence-electron chi connectivity index (χ2n) is 5.74. The molecule has 22 heavy (non-hydrogen) atoms. The van der Waals surface area contributed by atoms with Crippen molar-refractivity contribution >= 4 is 39.9 Å². The van der Waals surface area contributed by atoms with E-state index in [0.717, 1.165) is 10.0 Å². The van der Waals surface area contributed by atoms with Crippen molar-refractivity contribution in [1.29, 1.82) is 0 Å². The molecule has 1 aromatic heterocycles. The number of esters is 1. The molecule has 0 aliphatic carbocycles. The summed E-state index contributed by atoms with van der Waals surface area (Å²) in [6.07, 6.45) is 0. The number of carbonyl (C=O) groups is 1. The number of hydrogen-bond donors (Lipinski definition) is 1. The Morgan fingerprint density at radius 1 is 1.27 bits per heavy atom. The normalized spacial score (nSPS) is 11.3. The van der Waals surface area contributed by atoms with Crippen LogP contribution in [-0.2, 0) is 9.53 Å². The molecule has 0 unspecified atom stereocenters. The largest absolute Gasteiger partial charge is 0.459 e. The van der Waals surface area contributed by atoms with E-state index in [2.05, 4.69) is 15.5 Å². The molecule has 0 atom stereocenters. The maximum Gasteiger partial charge on any atom is 0.316 e. The van der Waals surface area contributed by atoms with Crippen LogP contribution in [0.5, 0.6) is 0 Å². The van der Waals surface area contributed by atoms with E-state index >= 15 is 0 Å². The molecule has 0 aliphatic heterocycles. The third-order valence-electron chi connectivity index (χ3n) is 2.44. The number of hydrogen-bond acceptors (Lipinski definition) is 7. The van der Waals surface area contributed by atoms with E-state index in [1.807, 2.05) is 52.0 Å². The first-order valence-electron chi connectivity index (χ1n) is 6.84. The summed E-state index contributed by atoms with van der Waals surface area (Å²) in [5.74, 6) is -0.0167. The Kier molecular flexibility index (Phi) is 5.42. The Bertz CT molecular complexity index is 633. The molecule has 1 aromatic carbocycles. The van der Waals surface area contributed by atoms with Gasteiger partial charge in [-0.1, -0.05) is 40.8 Å². The molecular formula is C15H19N3O2S2. The van der Waals surface area contributed by atoms with Crippen LogP contribution in [0.4, 0.5) is 10.8 Å². The summed E-state index contributed by atoms with van der Waals surface area (Å²) in [6, 6.07) is 8.04. The zero-order valence-corrected chi connectivity index (χ0v) is 14.7. The van der Waals surface area contributed by atoms with E-state index in [-0.39, 0.29) is 11.7 Å². The predicted octanol–water partition coefficient (Wildman–Crippen LogP) is 4.02. The average Bonchev–Trinajstić information content (AvgIpc) is 2.85. The lowest BCUT2D eigenvalue weighted by Gasteiger charge is -2.18. The molecule has 118 valence electrons. The van der Waals surface area contributed by atoms with Gasteiger partial charge in [-0.3, -0.25) is 4.79 Å². The summed E-state index contributed by atoms with van der Waals surface area (Å²) in [5, 5.41) is 12.0. The fraction of sp³-hybridized carbons (Fsp3) is 0.400. The van der Waals surface area contributed by atoms with Gasteiger partial charge in [0.15, 0.2) is 4.34 Å². The molecule has 1 N–H and O–H groups in total. The maximum absolute atomic E-state index is 11.7. The summed E-state index contributed by atoms with van der Waals surface area (Å²) in [4.78, 5) is 11.7. The molecule has 2 aromatic rings. The van der Waals surface area contributed by atoms with Gasteiger partial charge in [-0.2, -0.15) is 0 Å². The van der Waals surface area contributed by atoms with Crippen molar-refractivity contribution in [2.24, 2.45) is 0 Å². The van der Waals surface area contributed by atoms with Gasteiger partial charge in [0.05, 0.1) is 5.75 Å². The van der Waals surface area contributed by atoms with Crippen LogP contribution in [-0.4, -0.2) is 27.5 Å². The molecule has 0 bridgehead atoms.